The summed E-state index contributed by atoms with van der Waals surface area (Å²) in [5, 5.41) is 39.6. The molecule has 6 atom stereocenters. The highest BCUT2D eigenvalue weighted by Gasteiger charge is 2.42. The highest BCUT2D eigenvalue weighted by molar-refractivity contribution is 7.85. The Hall–Kier alpha value is -0.330. The number of rotatable bonds is 25. The van der Waals surface area contributed by atoms with Crippen molar-refractivity contribution in [2.75, 3.05) is 39.0 Å². The lowest BCUT2D eigenvalue weighted by Crippen LogP contribution is -2.58. The molecule has 0 radical (unpaired) electrons. The van der Waals surface area contributed by atoms with Crippen molar-refractivity contribution in [3.63, 3.8) is 0 Å². The molecule has 0 spiro atoms. The van der Waals surface area contributed by atoms with E-state index in [0.29, 0.717) is 23.9 Å². The monoisotopic (exact) mass is 595 g/mol. The van der Waals surface area contributed by atoms with Gasteiger partial charge in [-0.15, -0.1) is 0 Å². The Balaban J connectivity index is 2.31. The first kappa shape index (κ1) is 37.7. The predicted octanol–water partition coefficient (Wildman–Crippen LogP) is 3.86. The third-order valence-electron chi connectivity index (χ3n) is 8.57. The lowest BCUT2D eigenvalue weighted by Gasteiger charge is -2.40. The largest absolute Gasteiger partial charge is 0.748 e. The predicted molar refractivity (Wildman–Crippen MR) is 158 cm³/mol. The Kier molecular flexibility index (Phi) is 20.1. The minimum absolute atomic E-state index is 0.341. The van der Waals surface area contributed by atoms with Crippen LogP contribution >= 0.6 is 0 Å². The molecular formula is C30H61NO8S. The molecule has 1 aliphatic heterocycles. The second-order valence-electron chi connectivity index (χ2n) is 12.4. The van der Waals surface area contributed by atoms with Crippen LogP contribution in [0.4, 0.5) is 0 Å². The first-order chi connectivity index (χ1) is 19.0. The first-order valence-corrected chi connectivity index (χ1v) is 17.7. The van der Waals surface area contributed by atoms with Crippen LogP contribution in [0.2, 0.25) is 0 Å². The molecule has 1 saturated heterocycles. The molecule has 1 heterocycles. The van der Waals surface area contributed by atoms with E-state index in [0.717, 1.165) is 38.8 Å². The average Bonchev–Trinajstić information content (AvgIpc) is 2.90. The fourth-order valence-corrected chi connectivity index (χ4v) is 6.39. The molecule has 240 valence electrons. The van der Waals surface area contributed by atoms with Gasteiger partial charge in [-0.2, -0.15) is 0 Å². The summed E-state index contributed by atoms with van der Waals surface area (Å²) < 4.78 is 39.7. The Morgan fingerprint density at radius 2 is 1.07 bits per heavy atom. The third kappa shape index (κ3) is 16.9. The maximum absolute atomic E-state index is 11.1. The molecule has 1 fully saturated rings. The van der Waals surface area contributed by atoms with Crippen molar-refractivity contribution in [1.82, 2.24) is 0 Å². The van der Waals surface area contributed by atoms with Crippen LogP contribution < -0.4 is 0 Å². The summed E-state index contributed by atoms with van der Waals surface area (Å²) in [5.74, 6) is -0.343. The second-order valence-corrected chi connectivity index (χ2v) is 13.9. The van der Waals surface area contributed by atoms with Crippen LogP contribution in [-0.4, -0.2) is 107 Å². The molecule has 0 aromatic carbocycles. The number of hydrogen-bond acceptors (Lipinski definition) is 8. The van der Waals surface area contributed by atoms with Gasteiger partial charge in [-0.05, 0) is 32.1 Å². The molecule has 10 heteroatoms. The van der Waals surface area contributed by atoms with Gasteiger partial charge in [-0.1, -0.05) is 84.0 Å². The van der Waals surface area contributed by atoms with Crippen molar-refractivity contribution in [2.45, 2.75) is 153 Å². The van der Waals surface area contributed by atoms with Gasteiger partial charge in [0.05, 0.1) is 49.5 Å². The van der Waals surface area contributed by atoms with Crippen molar-refractivity contribution in [2.24, 2.45) is 0 Å². The van der Waals surface area contributed by atoms with Crippen molar-refractivity contribution in [3.8, 4) is 0 Å². The lowest BCUT2D eigenvalue weighted by molar-refractivity contribution is -0.910. The summed E-state index contributed by atoms with van der Waals surface area (Å²) in [6.07, 6.45) is 15.1. The maximum atomic E-state index is 11.1. The number of quaternary nitrogens is 1. The molecule has 0 saturated carbocycles. The Morgan fingerprint density at radius 3 is 1.55 bits per heavy atom. The summed E-state index contributed by atoms with van der Waals surface area (Å²) in [5.41, 5.74) is 0. The number of aliphatic hydroxyl groups excluding tert-OH is 4. The van der Waals surface area contributed by atoms with Crippen LogP contribution in [0.3, 0.4) is 0 Å². The Morgan fingerprint density at radius 1 is 0.650 bits per heavy atom. The zero-order chi connectivity index (χ0) is 29.9. The number of ether oxygens (including phenoxy) is 1. The van der Waals surface area contributed by atoms with Gasteiger partial charge in [-0.3, -0.25) is 0 Å². The van der Waals surface area contributed by atoms with E-state index in [1.807, 2.05) is 0 Å². The standard InChI is InChI=1S/C30H61NO8S/c1-3-4-5-6-7-8-9-10-11-12-13-14-15-17-21-31(2,23-19-24-40(36,37)38)22-18-16-20-26-28(33)30(35)29(34)27(25-32)39-26/h26-30,32-35H,3-25H2,1-2H3/t26?,27-,28+,29-,30-,31?/m1/s1. The van der Waals surface area contributed by atoms with Gasteiger partial charge in [0.2, 0.25) is 0 Å². The summed E-state index contributed by atoms with van der Waals surface area (Å²) in [7, 11) is -2.11. The zero-order valence-corrected chi connectivity index (χ0v) is 26.2. The normalized spacial score (nSPS) is 25.2. The summed E-state index contributed by atoms with van der Waals surface area (Å²) in [6, 6.07) is 0. The van der Waals surface area contributed by atoms with Gasteiger partial charge in [0.1, 0.15) is 24.4 Å². The van der Waals surface area contributed by atoms with E-state index in [9.17, 15) is 33.4 Å². The van der Waals surface area contributed by atoms with E-state index in [-0.39, 0.29) is 5.75 Å². The number of aliphatic hydroxyl groups is 4. The molecule has 2 unspecified atom stereocenters. The van der Waals surface area contributed by atoms with Gasteiger partial charge >= 0.3 is 0 Å². The van der Waals surface area contributed by atoms with Crippen molar-refractivity contribution >= 4 is 10.1 Å². The van der Waals surface area contributed by atoms with Gasteiger partial charge in [0.25, 0.3) is 0 Å². The molecule has 40 heavy (non-hydrogen) atoms. The average molecular weight is 596 g/mol. The Labute approximate surface area is 244 Å². The SMILES string of the molecule is CCCCCCCCCCCCCCCC[N+](C)(CCCCC1O[C@H](CO)[C@@H](O)[C@H](O)[C@H]1O)CCCS(=O)(=O)[O-]. The first-order valence-electron chi connectivity index (χ1n) is 16.1. The second kappa shape index (κ2) is 21.4. The topological polar surface area (TPSA) is 147 Å². The van der Waals surface area contributed by atoms with Gasteiger partial charge in [-0.25, -0.2) is 8.42 Å². The highest BCUT2D eigenvalue weighted by atomic mass is 32.2. The Bertz CT molecular complexity index is 722. The molecule has 9 nitrogen and oxygen atoms in total. The van der Waals surface area contributed by atoms with Gasteiger partial charge < -0.3 is 34.2 Å². The van der Waals surface area contributed by atoms with Gasteiger partial charge in [0.15, 0.2) is 0 Å². The van der Waals surface area contributed by atoms with Crippen LogP contribution in [0.25, 0.3) is 0 Å². The molecule has 0 aliphatic carbocycles. The van der Waals surface area contributed by atoms with Crippen molar-refractivity contribution in [1.29, 1.82) is 0 Å². The van der Waals surface area contributed by atoms with Crippen molar-refractivity contribution in [3.05, 3.63) is 0 Å². The van der Waals surface area contributed by atoms with Crippen LogP contribution in [0.15, 0.2) is 0 Å². The van der Waals surface area contributed by atoms with Crippen LogP contribution in [-0.2, 0) is 14.9 Å². The molecule has 0 amide bonds. The molecule has 1 aliphatic rings. The fraction of sp³-hybridized carbons (Fsp3) is 1.00. The summed E-state index contributed by atoms with van der Waals surface area (Å²) in [4.78, 5) is 0. The van der Waals surface area contributed by atoms with E-state index in [4.69, 9.17) is 4.74 Å². The van der Waals surface area contributed by atoms with Crippen LogP contribution in [0.5, 0.6) is 0 Å². The number of nitrogens with zero attached hydrogens (tertiary/aromatic N) is 1. The molecule has 4 N–H and O–H groups in total. The van der Waals surface area contributed by atoms with E-state index >= 15 is 0 Å². The summed E-state index contributed by atoms with van der Waals surface area (Å²) >= 11 is 0. The van der Waals surface area contributed by atoms with E-state index < -0.39 is 47.2 Å². The van der Waals surface area contributed by atoms with E-state index in [2.05, 4.69) is 14.0 Å². The van der Waals surface area contributed by atoms with E-state index in [1.165, 1.54) is 77.0 Å². The molecule has 1 rings (SSSR count). The highest BCUT2D eigenvalue weighted by Crippen LogP contribution is 2.25. The maximum Gasteiger partial charge on any atom is 0.111 e. The van der Waals surface area contributed by atoms with Crippen molar-refractivity contribution < 1.29 is 42.6 Å². The molecule has 0 aromatic heterocycles. The minimum atomic E-state index is -4.23. The smallest absolute Gasteiger partial charge is 0.111 e. The molecular weight excluding hydrogens is 534 g/mol. The third-order valence-corrected chi connectivity index (χ3v) is 9.36. The summed E-state index contributed by atoms with van der Waals surface area (Å²) in [6.45, 7) is 4.19. The number of hydrogen-bond donors (Lipinski definition) is 4. The fourth-order valence-electron chi connectivity index (χ4n) is 5.90. The quantitative estimate of drug-likeness (QED) is 0.0707. The lowest BCUT2D eigenvalue weighted by atomic mass is 9.92. The zero-order valence-electron chi connectivity index (χ0n) is 25.4. The van der Waals surface area contributed by atoms with Crippen LogP contribution in [0.1, 0.15) is 122 Å². The van der Waals surface area contributed by atoms with Gasteiger partial charge in [0, 0.05) is 12.2 Å². The van der Waals surface area contributed by atoms with Crippen LogP contribution in [0, 0.1) is 0 Å². The van der Waals surface area contributed by atoms with E-state index in [1.54, 1.807) is 0 Å². The number of unbranched alkanes of at least 4 members (excludes halogenated alkanes) is 14. The molecule has 0 aromatic rings. The molecule has 0 bridgehead atoms. The minimum Gasteiger partial charge on any atom is -0.748 e.